The maximum atomic E-state index is 12.2. The Bertz CT molecular complexity index is 678. The van der Waals surface area contributed by atoms with Gasteiger partial charge in [0.1, 0.15) is 12.2 Å². The number of rotatable bonds is 4. The Hall–Kier alpha value is -2.90. The van der Waals surface area contributed by atoms with Gasteiger partial charge in [0.25, 0.3) is 0 Å². The standard InChI is InChI=1S/C17H19NO7/c1-17(2,3)25-13(19)9-12-14(20)24-16(22)18(12)15(21)23-10-11-7-5-4-6-8-11/h4-8,12H,9-10H2,1-3H3/t12-/m0/s1. The highest BCUT2D eigenvalue weighted by Gasteiger charge is 2.47. The van der Waals surface area contributed by atoms with Crippen LogP contribution in [0.2, 0.25) is 0 Å². The first-order valence-corrected chi connectivity index (χ1v) is 7.65. The number of amides is 2. The molecule has 8 nitrogen and oxygen atoms in total. The Balaban J connectivity index is 2.02. The van der Waals surface area contributed by atoms with Crippen LogP contribution in [-0.4, -0.2) is 40.7 Å². The van der Waals surface area contributed by atoms with Crippen LogP contribution in [0.15, 0.2) is 30.3 Å². The number of imide groups is 1. The van der Waals surface area contributed by atoms with Crippen molar-refractivity contribution in [1.82, 2.24) is 4.90 Å². The fourth-order valence-electron chi connectivity index (χ4n) is 2.14. The fourth-order valence-corrected chi connectivity index (χ4v) is 2.14. The second kappa shape index (κ2) is 7.33. The van der Waals surface area contributed by atoms with E-state index in [1.54, 1.807) is 51.1 Å². The molecule has 1 aliphatic heterocycles. The molecule has 1 atom stereocenters. The van der Waals surface area contributed by atoms with Gasteiger partial charge in [0.2, 0.25) is 0 Å². The van der Waals surface area contributed by atoms with E-state index in [0.717, 1.165) is 0 Å². The van der Waals surface area contributed by atoms with Crippen molar-refractivity contribution in [1.29, 1.82) is 0 Å². The molecule has 1 aromatic carbocycles. The van der Waals surface area contributed by atoms with Gasteiger partial charge in [-0.25, -0.2) is 14.4 Å². The summed E-state index contributed by atoms with van der Waals surface area (Å²) in [6.07, 6.45) is -2.73. The van der Waals surface area contributed by atoms with Crippen molar-refractivity contribution in [2.75, 3.05) is 0 Å². The lowest BCUT2D eigenvalue weighted by Gasteiger charge is -2.22. The molecule has 0 bridgehead atoms. The average molecular weight is 349 g/mol. The number of cyclic esters (lactones) is 2. The van der Waals surface area contributed by atoms with Crippen LogP contribution in [0.1, 0.15) is 32.8 Å². The highest BCUT2D eigenvalue weighted by Crippen LogP contribution is 2.21. The minimum Gasteiger partial charge on any atom is -0.460 e. The normalized spacial score (nSPS) is 17.2. The SMILES string of the molecule is CC(C)(C)OC(=O)C[C@H]1C(=O)OC(=O)N1C(=O)OCc1ccccc1. The highest BCUT2D eigenvalue weighted by atomic mass is 16.6. The predicted molar refractivity (Wildman–Crippen MR) is 84.2 cm³/mol. The molecule has 8 heteroatoms. The summed E-state index contributed by atoms with van der Waals surface area (Å²) in [5.74, 6) is -1.72. The minimum atomic E-state index is -1.40. The second-order valence-electron chi connectivity index (χ2n) is 6.40. The zero-order valence-electron chi connectivity index (χ0n) is 14.2. The van der Waals surface area contributed by atoms with E-state index in [2.05, 4.69) is 4.74 Å². The number of carbonyl (C=O) groups is 4. The van der Waals surface area contributed by atoms with Gasteiger partial charge in [0, 0.05) is 0 Å². The molecule has 2 amide bonds. The predicted octanol–water partition coefficient (Wildman–Crippen LogP) is 2.40. The number of nitrogens with zero attached hydrogens (tertiary/aromatic N) is 1. The van der Waals surface area contributed by atoms with E-state index in [-0.39, 0.29) is 6.61 Å². The van der Waals surface area contributed by atoms with Gasteiger partial charge in [-0.1, -0.05) is 30.3 Å². The summed E-state index contributed by atoms with van der Waals surface area (Å²) >= 11 is 0. The van der Waals surface area contributed by atoms with Crippen LogP contribution in [-0.2, 0) is 30.4 Å². The van der Waals surface area contributed by atoms with Crippen LogP contribution >= 0.6 is 0 Å². The first-order chi connectivity index (χ1) is 11.7. The lowest BCUT2D eigenvalue weighted by Crippen LogP contribution is -2.42. The van der Waals surface area contributed by atoms with E-state index in [1.807, 2.05) is 0 Å². The zero-order valence-corrected chi connectivity index (χ0v) is 14.2. The summed E-state index contributed by atoms with van der Waals surface area (Å²) in [6.45, 7) is 4.90. The molecule has 1 fully saturated rings. The molecular formula is C17H19NO7. The fraction of sp³-hybridized carbons (Fsp3) is 0.412. The molecule has 0 N–H and O–H groups in total. The van der Waals surface area contributed by atoms with Gasteiger partial charge in [-0.3, -0.25) is 4.79 Å². The maximum absolute atomic E-state index is 12.2. The van der Waals surface area contributed by atoms with Gasteiger partial charge in [0.15, 0.2) is 6.04 Å². The number of benzene rings is 1. The number of hydrogen-bond donors (Lipinski definition) is 0. The smallest absolute Gasteiger partial charge is 0.427 e. The molecule has 134 valence electrons. The van der Waals surface area contributed by atoms with E-state index in [0.29, 0.717) is 10.5 Å². The van der Waals surface area contributed by atoms with E-state index >= 15 is 0 Å². The molecule has 0 radical (unpaired) electrons. The van der Waals surface area contributed by atoms with Crippen molar-refractivity contribution in [2.24, 2.45) is 0 Å². The summed E-state index contributed by atoms with van der Waals surface area (Å²) in [6, 6.07) is 7.41. The van der Waals surface area contributed by atoms with Crippen molar-refractivity contribution in [3.05, 3.63) is 35.9 Å². The number of ether oxygens (including phenoxy) is 3. The Morgan fingerprint density at radius 2 is 1.80 bits per heavy atom. The second-order valence-corrected chi connectivity index (χ2v) is 6.40. The van der Waals surface area contributed by atoms with E-state index in [1.165, 1.54) is 0 Å². The van der Waals surface area contributed by atoms with Crippen LogP contribution < -0.4 is 0 Å². The minimum absolute atomic E-state index is 0.0865. The van der Waals surface area contributed by atoms with Gasteiger partial charge in [-0.15, -0.1) is 0 Å². The van der Waals surface area contributed by atoms with E-state index in [4.69, 9.17) is 9.47 Å². The molecule has 0 spiro atoms. The molecule has 1 aliphatic rings. The third kappa shape index (κ3) is 5.03. The average Bonchev–Trinajstić information content (AvgIpc) is 2.78. The summed E-state index contributed by atoms with van der Waals surface area (Å²) < 4.78 is 14.6. The molecule has 0 saturated carbocycles. The Labute approximate surface area is 144 Å². The van der Waals surface area contributed by atoms with Gasteiger partial charge in [-0.05, 0) is 26.3 Å². The summed E-state index contributed by atoms with van der Waals surface area (Å²) in [5, 5.41) is 0. The molecular weight excluding hydrogens is 330 g/mol. The monoisotopic (exact) mass is 349 g/mol. The van der Waals surface area contributed by atoms with Crippen LogP contribution in [0.25, 0.3) is 0 Å². The molecule has 0 aromatic heterocycles. The number of hydrogen-bond acceptors (Lipinski definition) is 7. The molecule has 1 saturated heterocycles. The topological polar surface area (TPSA) is 99.2 Å². The van der Waals surface area contributed by atoms with Crippen LogP contribution in [0, 0.1) is 0 Å². The molecule has 25 heavy (non-hydrogen) atoms. The van der Waals surface area contributed by atoms with Crippen LogP contribution in [0.5, 0.6) is 0 Å². The number of carbonyl (C=O) groups excluding carboxylic acids is 4. The largest absolute Gasteiger partial charge is 0.460 e. The van der Waals surface area contributed by atoms with Gasteiger partial charge >= 0.3 is 24.1 Å². The van der Waals surface area contributed by atoms with E-state index < -0.39 is 42.2 Å². The first kappa shape index (κ1) is 18.4. The van der Waals surface area contributed by atoms with Crippen molar-refractivity contribution in [3.63, 3.8) is 0 Å². The van der Waals surface area contributed by atoms with Gasteiger partial charge in [0.05, 0.1) is 6.42 Å². The molecule has 0 unspecified atom stereocenters. The summed E-state index contributed by atoms with van der Waals surface area (Å²) in [5.41, 5.74) is -0.0548. The lowest BCUT2D eigenvalue weighted by atomic mass is 10.1. The Morgan fingerprint density at radius 1 is 1.16 bits per heavy atom. The highest BCUT2D eigenvalue weighted by molar-refractivity contribution is 6.05. The zero-order chi connectivity index (χ0) is 18.6. The quantitative estimate of drug-likeness (QED) is 0.467. The lowest BCUT2D eigenvalue weighted by molar-refractivity contribution is -0.157. The third-order valence-electron chi connectivity index (χ3n) is 3.15. The Morgan fingerprint density at radius 3 is 2.40 bits per heavy atom. The van der Waals surface area contributed by atoms with Crippen molar-refractivity contribution < 1.29 is 33.4 Å². The molecule has 1 heterocycles. The van der Waals surface area contributed by atoms with Gasteiger partial charge < -0.3 is 14.2 Å². The van der Waals surface area contributed by atoms with Gasteiger partial charge in [-0.2, -0.15) is 4.90 Å². The van der Waals surface area contributed by atoms with E-state index in [9.17, 15) is 19.2 Å². The Kier molecular flexibility index (Phi) is 5.41. The van der Waals surface area contributed by atoms with Crippen molar-refractivity contribution in [2.45, 2.75) is 45.4 Å². The summed E-state index contributed by atoms with van der Waals surface area (Å²) in [7, 11) is 0. The van der Waals surface area contributed by atoms with Crippen LogP contribution in [0.4, 0.5) is 9.59 Å². The first-order valence-electron chi connectivity index (χ1n) is 7.65. The summed E-state index contributed by atoms with van der Waals surface area (Å²) in [4.78, 5) is 48.1. The van der Waals surface area contributed by atoms with Crippen LogP contribution in [0.3, 0.4) is 0 Å². The number of esters is 2. The third-order valence-corrected chi connectivity index (χ3v) is 3.15. The maximum Gasteiger partial charge on any atom is 0.427 e. The van der Waals surface area contributed by atoms with Crippen molar-refractivity contribution in [3.8, 4) is 0 Å². The molecule has 2 rings (SSSR count). The molecule has 1 aromatic rings. The van der Waals surface area contributed by atoms with Crippen molar-refractivity contribution >= 4 is 24.1 Å². The molecule has 0 aliphatic carbocycles.